The van der Waals surface area contributed by atoms with Gasteiger partial charge in [-0.2, -0.15) is 0 Å². The first kappa shape index (κ1) is 11.7. The van der Waals surface area contributed by atoms with Crippen molar-refractivity contribution in [3.63, 3.8) is 0 Å². The van der Waals surface area contributed by atoms with Crippen LogP contribution in [0.15, 0.2) is 24.4 Å². The predicted octanol–water partition coefficient (Wildman–Crippen LogP) is 1.72. The summed E-state index contributed by atoms with van der Waals surface area (Å²) in [6.45, 7) is 5.06. The molecule has 1 fully saturated rings. The highest BCUT2D eigenvalue weighted by molar-refractivity contribution is 5.66. The molecule has 0 amide bonds. The van der Waals surface area contributed by atoms with Gasteiger partial charge in [0.25, 0.3) is 0 Å². The number of hydrogen-bond acceptors (Lipinski definition) is 4. The van der Waals surface area contributed by atoms with Gasteiger partial charge in [-0.25, -0.2) is 0 Å². The molecule has 2 aliphatic rings. The van der Waals surface area contributed by atoms with Crippen LogP contribution >= 0.6 is 0 Å². The van der Waals surface area contributed by atoms with Crippen LogP contribution in [0.1, 0.15) is 12.1 Å². The molecule has 3 heterocycles. The number of hydrogen-bond donors (Lipinski definition) is 0. The van der Waals surface area contributed by atoms with E-state index in [0.29, 0.717) is 6.61 Å². The summed E-state index contributed by atoms with van der Waals surface area (Å²) in [7, 11) is 0. The standard InChI is InChI=1S/C14H18N2O2/c1-4-15-14(12-2-7-17-8-3-12)11-13(1)16-5-9-18-10-6-16/h1-2,4,11H,3,5-10H2. The Hall–Kier alpha value is -1.39. The molecule has 4 nitrogen and oxygen atoms in total. The van der Waals surface area contributed by atoms with Crippen LogP contribution < -0.4 is 4.90 Å². The molecule has 0 radical (unpaired) electrons. The molecular formula is C14H18N2O2. The fourth-order valence-corrected chi connectivity index (χ4v) is 2.37. The van der Waals surface area contributed by atoms with E-state index in [2.05, 4.69) is 28.1 Å². The summed E-state index contributed by atoms with van der Waals surface area (Å²) in [4.78, 5) is 6.83. The predicted molar refractivity (Wildman–Crippen MR) is 70.7 cm³/mol. The van der Waals surface area contributed by atoms with E-state index in [0.717, 1.165) is 45.0 Å². The van der Waals surface area contributed by atoms with Gasteiger partial charge in [0.05, 0.1) is 32.1 Å². The lowest BCUT2D eigenvalue weighted by Crippen LogP contribution is -2.36. The molecule has 3 rings (SSSR count). The van der Waals surface area contributed by atoms with Crippen LogP contribution in [0.25, 0.3) is 5.57 Å². The maximum Gasteiger partial charge on any atom is 0.0680 e. The molecule has 4 heteroatoms. The van der Waals surface area contributed by atoms with E-state index in [1.54, 1.807) is 0 Å². The molecule has 0 saturated carbocycles. The molecule has 2 aliphatic heterocycles. The number of nitrogens with zero attached hydrogens (tertiary/aromatic N) is 2. The molecule has 0 spiro atoms. The Kier molecular flexibility index (Phi) is 3.57. The van der Waals surface area contributed by atoms with Gasteiger partial charge in [-0.15, -0.1) is 0 Å². The van der Waals surface area contributed by atoms with E-state index in [-0.39, 0.29) is 0 Å². The molecule has 0 aliphatic carbocycles. The zero-order chi connectivity index (χ0) is 12.2. The Morgan fingerprint density at radius 1 is 1.11 bits per heavy atom. The first-order valence-corrected chi connectivity index (χ1v) is 6.49. The highest BCUT2D eigenvalue weighted by Gasteiger charge is 2.13. The Labute approximate surface area is 107 Å². The topological polar surface area (TPSA) is 34.6 Å². The molecular weight excluding hydrogens is 228 g/mol. The third-order valence-electron chi connectivity index (χ3n) is 3.41. The highest BCUT2D eigenvalue weighted by atomic mass is 16.5. The zero-order valence-corrected chi connectivity index (χ0v) is 10.5. The van der Waals surface area contributed by atoms with Crippen molar-refractivity contribution in [3.8, 4) is 0 Å². The normalized spacial score (nSPS) is 20.7. The second-order valence-corrected chi connectivity index (χ2v) is 4.55. The van der Waals surface area contributed by atoms with Crippen molar-refractivity contribution in [2.24, 2.45) is 0 Å². The lowest BCUT2D eigenvalue weighted by atomic mass is 10.1. The van der Waals surface area contributed by atoms with E-state index in [1.807, 2.05) is 6.20 Å². The minimum Gasteiger partial charge on any atom is -0.378 e. The van der Waals surface area contributed by atoms with Gasteiger partial charge in [-0.1, -0.05) is 6.08 Å². The van der Waals surface area contributed by atoms with Gasteiger partial charge in [0.1, 0.15) is 0 Å². The van der Waals surface area contributed by atoms with E-state index in [9.17, 15) is 0 Å². The van der Waals surface area contributed by atoms with Gasteiger partial charge in [0.15, 0.2) is 0 Å². The molecule has 0 aromatic carbocycles. The van der Waals surface area contributed by atoms with Crippen molar-refractivity contribution in [2.75, 3.05) is 44.4 Å². The third-order valence-corrected chi connectivity index (χ3v) is 3.41. The fourth-order valence-electron chi connectivity index (χ4n) is 2.37. The van der Waals surface area contributed by atoms with E-state index < -0.39 is 0 Å². The number of rotatable bonds is 2. The van der Waals surface area contributed by atoms with Crippen LogP contribution in [0.2, 0.25) is 0 Å². The van der Waals surface area contributed by atoms with Crippen molar-refractivity contribution in [1.29, 1.82) is 0 Å². The van der Waals surface area contributed by atoms with Crippen molar-refractivity contribution in [3.05, 3.63) is 30.1 Å². The summed E-state index contributed by atoms with van der Waals surface area (Å²) < 4.78 is 10.7. The second kappa shape index (κ2) is 5.50. The smallest absolute Gasteiger partial charge is 0.0680 e. The maximum atomic E-state index is 5.38. The molecule has 96 valence electrons. The molecule has 1 aromatic rings. The van der Waals surface area contributed by atoms with Gasteiger partial charge in [-0.3, -0.25) is 4.98 Å². The Morgan fingerprint density at radius 2 is 2.00 bits per heavy atom. The number of morpholine rings is 1. The van der Waals surface area contributed by atoms with E-state index in [1.165, 1.54) is 11.3 Å². The minimum atomic E-state index is 0.707. The highest BCUT2D eigenvalue weighted by Crippen LogP contribution is 2.23. The van der Waals surface area contributed by atoms with Gasteiger partial charge in [0, 0.05) is 25.0 Å². The van der Waals surface area contributed by atoms with Crippen LogP contribution in [-0.4, -0.2) is 44.5 Å². The van der Waals surface area contributed by atoms with Crippen molar-refractivity contribution >= 4 is 11.3 Å². The van der Waals surface area contributed by atoms with Crippen molar-refractivity contribution < 1.29 is 9.47 Å². The minimum absolute atomic E-state index is 0.707. The van der Waals surface area contributed by atoms with Gasteiger partial charge >= 0.3 is 0 Å². The second-order valence-electron chi connectivity index (χ2n) is 4.55. The first-order valence-electron chi connectivity index (χ1n) is 6.49. The van der Waals surface area contributed by atoms with Gasteiger partial charge < -0.3 is 14.4 Å². The van der Waals surface area contributed by atoms with Gasteiger partial charge in [-0.05, 0) is 24.1 Å². The molecule has 18 heavy (non-hydrogen) atoms. The van der Waals surface area contributed by atoms with Crippen LogP contribution in [0.5, 0.6) is 0 Å². The van der Waals surface area contributed by atoms with Crippen LogP contribution in [0.4, 0.5) is 5.69 Å². The molecule has 0 unspecified atom stereocenters. The quantitative estimate of drug-likeness (QED) is 0.796. The lowest BCUT2D eigenvalue weighted by Gasteiger charge is -2.29. The number of anilines is 1. The summed E-state index contributed by atoms with van der Waals surface area (Å²) in [5.41, 5.74) is 3.63. The number of aromatic nitrogens is 1. The van der Waals surface area contributed by atoms with Crippen molar-refractivity contribution in [1.82, 2.24) is 4.98 Å². The largest absolute Gasteiger partial charge is 0.378 e. The Bertz CT molecular complexity index is 439. The average molecular weight is 246 g/mol. The molecule has 1 saturated heterocycles. The molecule has 0 bridgehead atoms. The summed E-state index contributed by atoms with van der Waals surface area (Å²) in [5.74, 6) is 0. The fraction of sp³-hybridized carbons (Fsp3) is 0.500. The van der Waals surface area contributed by atoms with E-state index >= 15 is 0 Å². The monoisotopic (exact) mass is 246 g/mol. The summed E-state index contributed by atoms with van der Waals surface area (Å²) in [6, 6.07) is 4.26. The number of ether oxygens (including phenoxy) is 2. The average Bonchev–Trinajstić information content (AvgIpc) is 2.49. The van der Waals surface area contributed by atoms with Crippen molar-refractivity contribution in [2.45, 2.75) is 6.42 Å². The summed E-state index contributed by atoms with van der Waals surface area (Å²) in [5, 5.41) is 0. The molecule has 0 atom stereocenters. The summed E-state index contributed by atoms with van der Waals surface area (Å²) >= 11 is 0. The lowest BCUT2D eigenvalue weighted by molar-refractivity contribution is 0.122. The zero-order valence-electron chi connectivity index (χ0n) is 10.5. The van der Waals surface area contributed by atoms with E-state index in [4.69, 9.17) is 9.47 Å². The Morgan fingerprint density at radius 3 is 2.78 bits per heavy atom. The molecule has 0 N–H and O–H groups in total. The summed E-state index contributed by atoms with van der Waals surface area (Å²) in [6.07, 6.45) is 4.99. The van der Waals surface area contributed by atoms with Crippen LogP contribution in [0.3, 0.4) is 0 Å². The van der Waals surface area contributed by atoms with Crippen LogP contribution in [-0.2, 0) is 9.47 Å². The Balaban J connectivity index is 1.81. The first-order chi connectivity index (χ1) is 8.93. The number of pyridine rings is 1. The SMILES string of the molecule is C1=C(c2cc(N3CCOCC3)ccn2)CCOC1. The maximum absolute atomic E-state index is 5.38. The van der Waals surface area contributed by atoms with Gasteiger partial charge in [0.2, 0.25) is 0 Å². The third kappa shape index (κ3) is 2.54. The molecule has 1 aromatic heterocycles. The van der Waals surface area contributed by atoms with Crippen LogP contribution in [0, 0.1) is 0 Å².